The maximum atomic E-state index is 10.6. The molecule has 2 atom stereocenters. The van der Waals surface area contributed by atoms with Crippen molar-refractivity contribution in [2.24, 2.45) is 11.8 Å². The molecule has 0 aromatic carbocycles. The maximum Gasteiger partial charge on any atom is 0.140 e. The average Bonchev–Trinajstić information content (AvgIpc) is 2.49. The van der Waals surface area contributed by atoms with E-state index in [1.165, 1.54) is 5.56 Å². The zero-order valence-corrected chi connectivity index (χ0v) is 6.99. The Labute approximate surface area is 70.7 Å². The van der Waals surface area contributed by atoms with Gasteiger partial charge in [-0.3, -0.25) is 0 Å². The number of aromatic nitrogens is 1. The van der Waals surface area contributed by atoms with Crippen LogP contribution >= 0.6 is 0 Å². The normalized spacial score (nSPS) is 28.1. The molecule has 1 heterocycles. The van der Waals surface area contributed by atoms with Crippen LogP contribution in [0.2, 0.25) is 0 Å². The van der Waals surface area contributed by atoms with Crippen LogP contribution in [0, 0.1) is 11.8 Å². The van der Waals surface area contributed by atoms with Crippen LogP contribution < -0.4 is 0 Å². The average molecular weight is 165 g/mol. The predicted octanol–water partition coefficient (Wildman–Crippen LogP) is 1.22. The molecule has 0 spiro atoms. The first-order valence-electron chi connectivity index (χ1n) is 4.19. The van der Waals surface area contributed by atoms with Gasteiger partial charge in [-0.05, 0) is 12.3 Å². The summed E-state index contributed by atoms with van der Waals surface area (Å²) in [5.41, 5.74) is 1.17. The third kappa shape index (κ3) is 1.05. The van der Waals surface area contributed by atoms with Gasteiger partial charge in [0.2, 0.25) is 0 Å². The van der Waals surface area contributed by atoms with E-state index < -0.39 is 0 Å². The molecule has 2 rings (SSSR count). The number of carbonyl (C=O) groups is 1. The minimum Gasteiger partial charge on any atom is -0.361 e. The zero-order valence-electron chi connectivity index (χ0n) is 6.99. The summed E-state index contributed by atoms with van der Waals surface area (Å²) >= 11 is 0. The van der Waals surface area contributed by atoms with Crippen LogP contribution in [0.25, 0.3) is 0 Å². The third-order valence-electron chi connectivity index (χ3n) is 2.60. The molecule has 64 valence electrons. The summed E-state index contributed by atoms with van der Waals surface area (Å²) in [5.74, 6) is 1.44. The summed E-state index contributed by atoms with van der Waals surface area (Å²) in [5, 5.41) is 3.72. The van der Waals surface area contributed by atoms with E-state index in [0.29, 0.717) is 5.92 Å². The highest BCUT2D eigenvalue weighted by Gasteiger charge is 2.27. The van der Waals surface area contributed by atoms with Gasteiger partial charge in [0.05, 0.1) is 6.20 Å². The monoisotopic (exact) mass is 165 g/mol. The van der Waals surface area contributed by atoms with Gasteiger partial charge in [0.25, 0.3) is 0 Å². The van der Waals surface area contributed by atoms with Gasteiger partial charge in [-0.25, -0.2) is 0 Å². The van der Waals surface area contributed by atoms with Crippen LogP contribution in [0.3, 0.4) is 0 Å². The van der Waals surface area contributed by atoms with E-state index in [1.54, 1.807) is 6.20 Å². The molecule has 3 heteroatoms. The Morgan fingerprint density at radius 2 is 2.50 bits per heavy atom. The van der Waals surface area contributed by atoms with Gasteiger partial charge >= 0.3 is 0 Å². The van der Waals surface area contributed by atoms with Crippen molar-refractivity contribution < 1.29 is 9.32 Å². The second-order valence-electron chi connectivity index (χ2n) is 3.46. The molecule has 1 aliphatic rings. The van der Waals surface area contributed by atoms with Gasteiger partial charge in [0, 0.05) is 17.9 Å². The van der Waals surface area contributed by atoms with Crippen molar-refractivity contribution in [2.75, 3.05) is 0 Å². The Morgan fingerprint density at radius 1 is 1.67 bits per heavy atom. The van der Waals surface area contributed by atoms with Crippen molar-refractivity contribution in [3.8, 4) is 0 Å². The minimum absolute atomic E-state index is 0.116. The lowest BCUT2D eigenvalue weighted by atomic mass is 9.81. The van der Waals surface area contributed by atoms with E-state index in [2.05, 4.69) is 12.1 Å². The standard InChI is InChI=1S/C9H11NO2/c1-6-2-7-4-10-12-9(7)3-8(6)5-11/h4-6,8H,2-3H2,1H3. The SMILES string of the molecule is CC1Cc2cnoc2CC1C=O. The van der Waals surface area contributed by atoms with Crippen LogP contribution in [0.1, 0.15) is 18.2 Å². The fraction of sp³-hybridized carbons (Fsp3) is 0.556. The van der Waals surface area contributed by atoms with Gasteiger partial charge in [-0.2, -0.15) is 0 Å². The summed E-state index contributed by atoms with van der Waals surface area (Å²) in [6.07, 6.45) is 4.42. The Bertz CT molecular complexity index is 292. The fourth-order valence-corrected chi connectivity index (χ4v) is 1.71. The molecular formula is C9H11NO2. The number of rotatable bonds is 1. The van der Waals surface area contributed by atoms with Crippen LogP contribution in [0.15, 0.2) is 10.7 Å². The highest BCUT2D eigenvalue weighted by Crippen LogP contribution is 2.28. The minimum atomic E-state index is 0.116. The Morgan fingerprint density at radius 3 is 3.25 bits per heavy atom. The van der Waals surface area contributed by atoms with Gasteiger partial charge in [0.15, 0.2) is 0 Å². The first-order valence-corrected chi connectivity index (χ1v) is 4.19. The molecule has 0 aliphatic heterocycles. The fourth-order valence-electron chi connectivity index (χ4n) is 1.71. The lowest BCUT2D eigenvalue weighted by molar-refractivity contribution is -0.112. The smallest absolute Gasteiger partial charge is 0.140 e. The Kier molecular flexibility index (Phi) is 1.71. The first kappa shape index (κ1) is 7.53. The number of aldehydes is 1. The van der Waals surface area contributed by atoms with Crippen LogP contribution in [0.5, 0.6) is 0 Å². The van der Waals surface area contributed by atoms with Gasteiger partial charge in [-0.1, -0.05) is 12.1 Å². The van der Waals surface area contributed by atoms with Gasteiger partial charge in [0.1, 0.15) is 12.0 Å². The molecule has 1 aromatic rings. The number of hydrogen-bond acceptors (Lipinski definition) is 3. The molecule has 12 heavy (non-hydrogen) atoms. The summed E-state index contributed by atoms with van der Waals surface area (Å²) < 4.78 is 5.03. The van der Waals surface area contributed by atoms with Crippen molar-refractivity contribution in [1.82, 2.24) is 5.16 Å². The second kappa shape index (κ2) is 2.73. The molecule has 0 bridgehead atoms. The van der Waals surface area contributed by atoms with Crippen LogP contribution in [0.4, 0.5) is 0 Å². The predicted molar refractivity (Wildman–Crippen MR) is 42.6 cm³/mol. The lowest BCUT2D eigenvalue weighted by Gasteiger charge is -2.22. The molecule has 0 N–H and O–H groups in total. The van der Waals surface area contributed by atoms with Crippen LogP contribution in [-0.2, 0) is 17.6 Å². The molecule has 2 unspecified atom stereocenters. The van der Waals surface area contributed by atoms with Crippen molar-refractivity contribution in [3.63, 3.8) is 0 Å². The molecule has 0 saturated carbocycles. The molecule has 0 amide bonds. The van der Waals surface area contributed by atoms with E-state index in [4.69, 9.17) is 4.52 Å². The van der Waals surface area contributed by atoms with Crippen LogP contribution in [-0.4, -0.2) is 11.4 Å². The summed E-state index contributed by atoms with van der Waals surface area (Å²) in [6.45, 7) is 2.09. The molecule has 1 aliphatic carbocycles. The number of carbonyl (C=O) groups excluding carboxylic acids is 1. The summed E-state index contributed by atoms with van der Waals surface area (Å²) in [4.78, 5) is 10.6. The molecule has 0 radical (unpaired) electrons. The van der Waals surface area contributed by atoms with E-state index >= 15 is 0 Å². The largest absolute Gasteiger partial charge is 0.361 e. The van der Waals surface area contributed by atoms with Crippen molar-refractivity contribution >= 4 is 6.29 Å². The number of hydrogen-bond donors (Lipinski definition) is 0. The van der Waals surface area contributed by atoms with Gasteiger partial charge < -0.3 is 9.32 Å². The highest BCUT2D eigenvalue weighted by molar-refractivity contribution is 5.55. The number of nitrogens with zero attached hydrogens (tertiary/aromatic N) is 1. The van der Waals surface area contributed by atoms with E-state index in [-0.39, 0.29) is 5.92 Å². The molecule has 0 saturated heterocycles. The lowest BCUT2D eigenvalue weighted by Crippen LogP contribution is -2.23. The second-order valence-corrected chi connectivity index (χ2v) is 3.46. The molecule has 0 fully saturated rings. The molecular weight excluding hydrogens is 154 g/mol. The molecule has 1 aromatic heterocycles. The Balaban J connectivity index is 2.28. The topological polar surface area (TPSA) is 43.1 Å². The van der Waals surface area contributed by atoms with Crippen molar-refractivity contribution in [1.29, 1.82) is 0 Å². The third-order valence-corrected chi connectivity index (χ3v) is 2.60. The van der Waals surface area contributed by atoms with Gasteiger partial charge in [-0.15, -0.1) is 0 Å². The van der Waals surface area contributed by atoms with E-state index in [1.807, 2.05) is 0 Å². The van der Waals surface area contributed by atoms with Crippen molar-refractivity contribution in [2.45, 2.75) is 19.8 Å². The maximum absolute atomic E-state index is 10.6. The zero-order chi connectivity index (χ0) is 8.55. The Hall–Kier alpha value is -1.12. The van der Waals surface area contributed by atoms with Crippen molar-refractivity contribution in [3.05, 3.63) is 17.5 Å². The molecule has 3 nitrogen and oxygen atoms in total. The van der Waals surface area contributed by atoms with E-state index in [9.17, 15) is 4.79 Å². The highest BCUT2D eigenvalue weighted by atomic mass is 16.5. The quantitative estimate of drug-likeness (QED) is 0.588. The van der Waals surface area contributed by atoms with E-state index in [0.717, 1.165) is 24.9 Å². The number of fused-ring (bicyclic) bond motifs is 1. The summed E-state index contributed by atoms with van der Waals surface area (Å²) in [7, 11) is 0. The summed E-state index contributed by atoms with van der Waals surface area (Å²) in [6, 6.07) is 0. The first-order chi connectivity index (χ1) is 5.81.